The van der Waals surface area contributed by atoms with Gasteiger partial charge < -0.3 is 14.8 Å². The molecule has 1 N–H and O–H groups in total. The van der Waals surface area contributed by atoms with Gasteiger partial charge in [-0.2, -0.15) is 4.39 Å². The van der Waals surface area contributed by atoms with Crippen molar-refractivity contribution in [3.8, 4) is 0 Å². The third kappa shape index (κ3) is 5.95. The topological polar surface area (TPSA) is 97.2 Å². The molecule has 8 nitrogen and oxygen atoms in total. The van der Waals surface area contributed by atoms with Gasteiger partial charge in [-0.05, 0) is 24.5 Å². The zero-order valence-corrected chi connectivity index (χ0v) is 21.6. The molecule has 0 saturated carbocycles. The Morgan fingerprint density at radius 3 is 2.55 bits per heavy atom. The lowest BCUT2D eigenvalue weighted by atomic mass is 9.99. The number of nitrogens with zero attached hydrogens (tertiary/aromatic N) is 4. The molecule has 3 atom stereocenters. The van der Waals surface area contributed by atoms with E-state index in [1.54, 1.807) is 43.3 Å². The van der Waals surface area contributed by atoms with Crippen LogP contribution in [-0.4, -0.2) is 50.0 Å². The smallest absolute Gasteiger partial charge is 0.268 e. The maximum Gasteiger partial charge on any atom is 0.268 e. The number of alkyl halides is 1. The summed E-state index contributed by atoms with van der Waals surface area (Å²) in [5, 5.41) is 2.87. The number of amides is 2. The van der Waals surface area contributed by atoms with Crippen LogP contribution in [0.2, 0.25) is 0 Å². The molecule has 3 heterocycles. The third-order valence-electron chi connectivity index (χ3n) is 6.71. The van der Waals surface area contributed by atoms with Gasteiger partial charge in [-0.15, -0.1) is 0 Å². The Morgan fingerprint density at radius 1 is 1.16 bits per heavy atom. The van der Waals surface area contributed by atoms with E-state index < -0.39 is 36.0 Å². The highest BCUT2D eigenvalue weighted by Gasteiger charge is 2.40. The number of benzene rings is 1. The number of carbonyl (C=O) groups excluding carboxylic acids is 2. The van der Waals surface area contributed by atoms with Crippen molar-refractivity contribution in [3.05, 3.63) is 93.7 Å². The van der Waals surface area contributed by atoms with E-state index in [0.29, 0.717) is 29.1 Å². The predicted molar refractivity (Wildman–Crippen MR) is 138 cm³/mol. The quantitative estimate of drug-likeness (QED) is 0.457. The molecule has 1 aliphatic heterocycles. The molecule has 38 heavy (non-hydrogen) atoms. The van der Waals surface area contributed by atoms with Crippen LogP contribution in [-0.2, 0) is 22.6 Å². The van der Waals surface area contributed by atoms with Gasteiger partial charge in [-0.25, -0.2) is 9.37 Å². The molecule has 3 unspecified atom stereocenters. The van der Waals surface area contributed by atoms with Gasteiger partial charge >= 0.3 is 0 Å². The van der Waals surface area contributed by atoms with Crippen LogP contribution in [0.5, 0.6) is 0 Å². The van der Waals surface area contributed by atoms with Gasteiger partial charge in [-0.1, -0.05) is 50.2 Å². The van der Waals surface area contributed by atoms with E-state index in [-0.39, 0.29) is 30.9 Å². The van der Waals surface area contributed by atoms with E-state index in [1.807, 2.05) is 19.9 Å². The Kier molecular flexibility index (Phi) is 8.29. The highest BCUT2D eigenvalue weighted by Crippen LogP contribution is 2.27. The summed E-state index contributed by atoms with van der Waals surface area (Å²) in [4.78, 5) is 47.8. The van der Waals surface area contributed by atoms with Crippen molar-refractivity contribution in [1.29, 1.82) is 0 Å². The Morgan fingerprint density at radius 2 is 1.89 bits per heavy atom. The standard InChI is InChI=1S/C28H31F2N5O3/c1-4-34-16-20(31-14-25(34)37)13-24(36)35-15-19(29)12-23(35)28(38)33-26(18-8-6-5-7-9-18)22-11-10-21(17(2)3)27(30)32-22/h5-11,14,16-17,19,23,26H,4,12-13,15H2,1-3H3,(H,33,38). The fourth-order valence-corrected chi connectivity index (χ4v) is 4.66. The molecule has 0 bridgehead atoms. The number of aromatic nitrogens is 3. The van der Waals surface area contributed by atoms with E-state index in [0.717, 1.165) is 6.20 Å². The number of rotatable bonds is 8. The second-order valence-corrected chi connectivity index (χ2v) is 9.70. The molecule has 1 fully saturated rings. The van der Waals surface area contributed by atoms with E-state index in [2.05, 4.69) is 15.3 Å². The highest BCUT2D eigenvalue weighted by molar-refractivity contribution is 5.89. The lowest BCUT2D eigenvalue weighted by Gasteiger charge is -2.26. The van der Waals surface area contributed by atoms with Crippen LogP contribution in [0.3, 0.4) is 0 Å². The van der Waals surface area contributed by atoms with Crippen molar-refractivity contribution in [2.45, 2.75) is 64.3 Å². The van der Waals surface area contributed by atoms with Gasteiger partial charge in [-0.3, -0.25) is 19.4 Å². The molecule has 1 aliphatic rings. The number of nitrogens with one attached hydrogen (secondary N) is 1. The van der Waals surface area contributed by atoms with Crippen molar-refractivity contribution in [1.82, 2.24) is 24.8 Å². The van der Waals surface area contributed by atoms with Crippen LogP contribution in [0.25, 0.3) is 0 Å². The molecule has 4 rings (SSSR count). The highest BCUT2D eigenvalue weighted by atomic mass is 19.1. The van der Waals surface area contributed by atoms with E-state index in [9.17, 15) is 23.2 Å². The lowest BCUT2D eigenvalue weighted by Crippen LogP contribution is -2.47. The third-order valence-corrected chi connectivity index (χ3v) is 6.71. The summed E-state index contributed by atoms with van der Waals surface area (Å²) in [6, 6.07) is 10.4. The summed E-state index contributed by atoms with van der Waals surface area (Å²) < 4.78 is 30.7. The van der Waals surface area contributed by atoms with Crippen molar-refractivity contribution >= 4 is 11.8 Å². The molecule has 0 aliphatic carbocycles. The van der Waals surface area contributed by atoms with Crippen LogP contribution in [0.4, 0.5) is 8.78 Å². The Bertz CT molecular complexity index is 1360. The fraction of sp³-hybridized carbons (Fsp3) is 0.393. The van der Waals surface area contributed by atoms with Crippen LogP contribution < -0.4 is 10.9 Å². The molecule has 3 aromatic rings. The first-order valence-electron chi connectivity index (χ1n) is 12.7. The lowest BCUT2D eigenvalue weighted by molar-refractivity contribution is -0.138. The summed E-state index contributed by atoms with van der Waals surface area (Å²) in [6.07, 6.45) is 0.921. The molecule has 1 saturated heterocycles. The molecule has 2 amide bonds. The van der Waals surface area contributed by atoms with E-state index in [1.165, 1.54) is 15.7 Å². The second-order valence-electron chi connectivity index (χ2n) is 9.70. The molecular weight excluding hydrogens is 492 g/mol. The average molecular weight is 524 g/mol. The van der Waals surface area contributed by atoms with Gasteiger partial charge in [0.25, 0.3) is 5.56 Å². The summed E-state index contributed by atoms with van der Waals surface area (Å²) in [5.41, 5.74) is 1.49. The monoisotopic (exact) mass is 523 g/mol. The minimum atomic E-state index is -1.37. The minimum absolute atomic E-state index is 0.0630. The van der Waals surface area contributed by atoms with Gasteiger partial charge in [0.05, 0.1) is 36.6 Å². The summed E-state index contributed by atoms with van der Waals surface area (Å²) in [6.45, 7) is 5.71. The zero-order valence-electron chi connectivity index (χ0n) is 21.6. The summed E-state index contributed by atoms with van der Waals surface area (Å²) in [5.74, 6) is -1.71. The Labute approximate surface area is 219 Å². The van der Waals surface area contributed by atoms with Crippen LogP contribution >= 0.6 is 0 Å². The minimum Gasteiger partial charge on any atom is -0.342 e. The molecular formula is C28H31F2N5O3. The summed E-state index contributed by atoms with van der Waals surface area (Å²) >= 11 is 0. The van der Waals surface area contributed by atoms with E-state index in [4.69, 9.17) is 0 Å². The Balaban J connectivity index is 1.58. The van der Waals surface area contributed by atoms with Crippen molar-refractivity contribution in [2.24, 2.45) is 0 Å². The number of likely N-dealkylation sites (tertiary alicyclic amines) is 1. The first-order chi connectivity index (χ1) is 18.2. The second kappa shape index (κ2) is 11.6. The maximum absolute atomic E-state index is 14.8. The number of aryl methyl sites for hydroxylation is 1. The predicted octanol–water partition coefficient (Wildman–Crippen LogP) is 3.31. The molecule has 0 spiro atoms. The van der Waals surface area contributed by atoms with Gasteiger partial charge in [0.15, 0.2) is 0 Å². The van der Waals surface area contributed by atoms with Crippen molar-refractivity contribution in [3.63, 3.8) is 0 Å². The molecule has 1 aromatic carbocycles. The van der Waals surface area contributed by atoms with Gasteiger partial charge in [0, 0.05) is 24.7 Å². The van der Waals surface area contributed by atoms with Crippen LogP contribution in [0.15, 0.2) is 59.7 Å². The fourth-order valence-electron chi connectivity index (χ4n) is 4.66. The number of halogens is 2. The normalized spacial score (nSPS) is 18.0. The number of pyridine rings is 1. The molecule has 0 radical (unpaired) electrons. The number of hydrogen-bond acceptors (Lipinski definition) is 5. The maximum atomic E-state index is 14.8. The van der Waals surface area contributed by atoms with Crippen LogP contribution in [0.1, 0.15) is 61.7 Å². The number of hydrogen-bond donors (Lipinski definition) is 1. The average Bonchev–Trinajstić information content (AvgIpc) is 3.30. The zero-order chi connectivity index (χ0) is 27.4. The van der Waals surface area contributed by atoms with Gasteiger partial charge in [0.1, 0.15) is 12.2 Å². The SMILES string of the molecule is CCn1cc(CC(=O)N2CC(F)CC2C(=O)NC(c2ccccc2)c2ccc(C(C)C)c(F)n2)ncc1=O. The first kappa shape index (κ1) is 27.1. The van der Waals surface area contributed by atoms with Crippen molar-refractivity contribution in [2.75, 3.05) is 6.54 Å². The molecule has 2 aromatic heterocycles. The molecule has 10 heteroatoms. The number of carbonyl (C=O) groups is 2. The molecule has 200 valence electrons. The summed E-state index contributed by atoms with van der Waals surface area (Å²) in [7, 11) is 0. The largest absolute Gasteiger partial charge is 0.342 e. The van der Waals surface area contributed by atoms with Gasteiger partial charge in [0.2, 0.25) is 17.8 Å². The van der Waals surface area contributed by atoms with E-state index >= 15 is 0 Å². The Hall–Kier alpha value is -3.95. The first-order valence-corrected chi connectivity index (χ1v) is 12.7. The van der Waals surface area contributed by atoms with Crippen molar-refractivity contribution < 1.29 is 18.4 Å². The van der Waals surface area contributed by atoms with Crippen LogP contribution in [0, 0.1) is 5.95 Å².